The molecule has 1 aromatic heterocycles. The van der Waals surface area contributed by atoms with Crippen molar-refractivity contribution >= 4 is 33.5 Å². The molecule has 1 N–H and O–H groups in total. The van der Waals surface area contributed by atoms with E-state index in [1.807, 2.05) is 18.0 Å². The van der Waals surface area contributed by atoms with E-state index in [0.29, 0.717) is 12.0 Å². The molecule has 3 nitrogen and oxygen atoms in total. The summed E-state index contributed by atoms with van der Waals surface area (Å²) in [5, 5.41) is 3.50. The van der Waals surface area contributed by atoms with Gasteiger partial charge in [-0.2, -0.15) is 11.8 Å². The first-order valence-electron chi connectivity index (χ1n) is 7.02. The van der Waals surface area contributed by atoms with Crippen LogP contribution in [0.2, 0.25) is 0 Å². The maximum atomic E-state index is 4.61. The van der Waals surface area contributed by atoms with Crippen LogP contribution in [0.4, 0.5) is 5.82 Å². The van der Waals surface area contributed by atoms with Gasteiger partial charge in [0.2, 0.25) is 0 Å². The number of hydrogen-bond acceptors (Lipinski definition) is 4. The smallest absolute Gasteiger partial charge is 0.133 e. The van der Waals surface area contributed by atoms with Gasteiger partial charge in [-0.05, 0) is 47.6 Å². The van der Waals surface area contributed by atoms with Gasteiger partial charge in [0.15, 0.2) is 0 Å². The lowest BCUT2D eigenvalue weighted by Gasteiger charge is -2.27. The SMILES string of the molecule is CSCC(C)N(C)c1ncc(Br)cc1CNCC(C)C. The Balaban J connectivity index is 2.83. The number of nitrogens with zero attached hydrogens (tertiary/aromatic N) is 2. The summed E-state index contributed by atoms with van der Waals surface area (Å²) in [4.78, 5) is 6.88. The molecular formula is C15H26BrN3S. The Morgan fingerprint density at radius 2 is 2.10 bits per heavy atom. The molecule has 1 atom stereocenters. The van der Waals surface area contributed by atoms with Crippen LogP contribution in [-0.4, -0.2) is 36.6 Å². The molecule has 0 spiro atoms. The van der Waals surface area contributed by atoms with Crippen molar-refractivity contribution in [2.75, 3.05) is 30.5 Å². The van der Waals surface area contributed by atoms with Crippen LogP contribution >= 0.6 is 27.7 Å². The van der Waals surface area contributed by atoms with Crippen LogP contribution in [-0.2, 0) is 6.54 Å². The number of nitrogens with one attached hydrogen (secondary N) is 1. The Morgan fingerprint density at radius 1 is 1.40 bits per heavy atom. The van der Waals surface area contributed by atoms with Crippen molar-refractivity contribution in [1.29, 1.82) is 0 Å². The number of anilines is 1. The van der Waals surface area contributed by atoms with Crippen LogP contribution in [0, 0.1) is 5.92 Å². The topological polar surface area (TPSA) is 28.2 Å². The minimum Gasteiger partial charge on any atom is -0.356 e. The standard InChI is InChI=1S/C15H26BrN3S/c1-11(2)7-17-8-13-6-14(16)9-18-15(13)19(4)12(3)10-20-5/h6,9,11-12,17H,7-8,10H2,1-5H3. The molecule has 1 rings (SSSR count). The van der Waals surface area contributed by atoms with Crippen molar-refractivity contribution in [2.45, 2.75) is 33.4 Å². The van der Waals surface area contributed by atoms with E-state index in [-0.39, 0.29) is 0 Å². The Labute approximate surface area is 136 Å². The molecule has 0 aliphatic heterocycles. The van der Waals surface area contributed by atoms with Crippen molar-refractivity contribution in [2.24, 2.45) is 5.92 Å². The molecular weight excluding hydrogens is 334 g/mol. The van der Waals surface area contributed by atoms with E-state index in [1.165, 1.54) is 5.56 Å². The molecule has 0 fully saturated rings. The number of halogens is 1. The molecule has 5 heteroatoms. The molecule has 0 aliphatic carbocycles. The van der Waals surface area contributed by atoms with Crippen LogP contribution in [0.1, 0.15) is 26.3 Å². The van der Waals surface area contributed by atoms with Gasteiger partial charge in [-0.3, -0.25) is 0 Å². The number of aromatic nitrogens is 1. The molecule has 0 saturated carbocycles. The largest absolute Gasteiger partial charge is 0.356 e. The summed E-state index contributed by atoms with van der Waals surface area (Å²) in [5.41, 5.74) is 1.25. The summed E-state index contributed by atoms with van der Waals surface area (Å²) in [7, 11) is 2.13. The zero-order chi connectivity index (χ0) is 15.1. The molecule has 0 amide bonds. The predicted molar refractivity (Wildman–Crippen MR) is 94.7 cm³/mol. The quantitative estimate of drug-likeness (QED) is 0.764. The van der Waals surface area contributed by atoms with Gasteiger partial charge in [0.05, 0.1) is 0 Å². The van der Waals surface area contributed by atoms with E-state index >= 15 is 0 Å². The fourth-order valence-corrected chi connectivity index (χ4v) is 3.06. The van der Waals surface area contributed by atoms with Crippen LogP contribution in [0.3, 0.4) is 0 Å². The van der Waals surface area contributed by atoms with E-state index in [2.05, 4.69) is 71.3 Å². The summed E-state index contributed by atoms with van der Waals surface area (Å²) in [6, 6.07) is 2.64. The third-order valence-corrected chi connectivity index (χ3v) is 4.43. The third-order valence-electron chi connectivity index (χ3n) is 3.18. The average Bonchev–Trinajstić information content (AvgIpc) is 2.38. The van der Waals surface area contributed by atoms with Crippen LogP contribution in [0.5, 0.6) is 0 Å². The van der Waals surface area contributed by atoms with Crippen molar-refractivity contribution < 1.29 is 0 Å². The molecule has 1 aromatic rings. The number of pyridine rings is 1. The number of rotatable bonds is 8. The minimum absolute atomic E-state index is 0.475. The summed E-state index contributed by atoms with van der Waals surface area (Å²) in [6.07, 6.45) is 4.02. The summed E-state index contributed by atoms with van der Waals surface area (Å²) >= 11 is 5.39. The van der Waals surface area contributed by atoms with Gasteiger partial charge in [0.1, 0.15) is 5.82 Å². The van der Waals surface area contributed by atoms with E-state index in [1.54, 1.807) is 0 Å². The van der Waals surface area contributed by atoms with E-state index in [9.17, 15) is 0 Å². The Kier molecular flexibility index (Phi) is 7.92. The Morgan fingerprint density at radius 3 is 2.70 bits per heavy atom. The molecule has 20 heavy (non-hydrogen) atoms. The number of thioether (sulfide) groups is 1. The van der Waals surface area contributed by atoms with E-state index in [4.69, 9.17) is 0 Å². The lowest BCUT2D eigenvalue weighted by molar-refractivity contribution is 0.551. The Bertz CT molecular complexity index is 412. The number of hydrogen-bond donors (Lipinski definition) is 1. The molecule has 114 valence electrons. The zero-order valence-electron chi connectivity index (χ0n) is 13.1. The molecule has 0 aliphatic rings. The van der Waals surface area contributed by atoms with Gasteiger partial charge >= 0.3 is 0 Å². The summed E-state index contributed by atoms with van der Waals surface area (Å²) < 4.78 is 1.04. The molecule has 1 unspecified atom stereocenters. The molecule has 0 bridgehead atoms. The molecule has 0 aromatic carbocycles. The highest BCUT2D eigenvalue weighted by atomic mass is 79.9. The van der Waals surface area contributed by atoms with Gasteiger partial charge < -0.3 is 10.2 Å². The second-order valence-corrected chi connectivity index (χ2v) is 7.40. The third kappa shape index (κ3) is 5.62. The van der Waals surface area contributed by atoms with E-state index < -0.39 is 0 Å². The fourth-order valence-electron chi connectivity index (χ4n) is 1.98. The highest BCUT2D eigenvalue weighted by Gasteiger charge is 2.15. The lowest BCUT2D eigenvalue weighted by Crippen LogP contribution is -2.33. The molecule has 1 heterocycles. The second-order valence-electron chi connectivity index (χ2n) is 5.58. The summed E-state index contributed by atoms with van der Waals surface area (Å²) in [5.74, 6) is 2.84. The van der Waals surface area contributed by atoms with Crippen LogP contribution < -0.4 is 10.2 Å². The monoisotopic (exact) mass is 359 g/mol. The molecule has 0 radical (unpaired) electrons. The molecule has 0 saturated heterocycles. The first-order chi connectivity index (χ1) is 9.45. The summed E-state index contributed by atoms with van der Waals surface area (Å²) in [6.45, 7) is 8.57. The van der Waals surface area contributed by atoms with Gasteiger partial charge in [0, 0.05) is 41.6 Å². The van der Waals surface area contributed by atoms with Gasteiger partial charge in [-0.15, -0.1) is 0 Å². The average molecular weight is 360 g/mol. The highest BCUT2D eigenvalue weighted by Crippen LogP contribution is 2.23. The van der Waals surface area contributed by atoms with Crippen molar-refractivity contribution in [3.63, 3.8) is 0 Å². The Hall–Kier alpha value is -0.260. The maximum absolute atomic E-state index is 4.61. The zero-order valence-corrected chi connectivity index (χ0v) is 15.5. The normalized spacial score (nSPS) is 12.8. The second kappa shape index (κ2) is 8.90. The van der Waals surface area contributed by atoms with Crippen LogP contribution in [0.25, 0.3) is 0 Å². The maximum Gasteiger partial charge on any atom is 0.133 e. The van der Waals surface area contributed by atoms with Gasteiger partial charge in [0.25, 0.3) is 0 Å². The van der Waals surface area contributed by atoms with Crippen LogP contribution in [0.15, 0.2) is 16.7 Å². The van der Waals surface area contributed by atoms with E-state index in [0.717, 1.165) is 29.1 Å². The lowest BCUT2D eigenvalue weighted by atomic mass is 10.2. The first kappa shape index (κ1) is 17.8. The van der Waals surface area contributed by atoms with Crippen molar-refractivity contribution in [3.05, 3.63) is 22.3 Å². The van der Waals surface area contributed by atoms with Crippen molar-refractivity contribution in [1.82, 2.24) is 10.3 Å². The highest BCUT2D eigenvalue weighted by molar-refractivity contribution is 9.10. The minimum atomic E-state index is 0.475. The fraction of sp³-hybridized carbons (Fsp3) is 0.667. The van der Waals surface area contributed by atoms with Gasteiger partial charge in [-0.25, -0.2) is 4.98 Å². The van der Waals surface area contributed by atoms with Crippen molar-refractivity contribution in [3.8, 4) is 0 Å². The first-order valence-corrected chi connectivity index (χ1v) is 9.21. The predicted octanol–water partition coefficient (Wildman–Crippen LogP) is 3.78. The van der Waals surface area contributed by atoms with Gasteiger partial charge in [-0.1, -0.05) is 13.8 Å².